The third-order valence-electron chi connectivity index (χ3n) is 2.24. The van der Waals surface area contributed by atoms with Gasteiger partial charge in [0.05, 0.1) is 0 Å². The first-order chi connectivity index (χ1) is 5.79. The molecule has 0 aromatic carbocycles. The number of aromatic nitrogens is 3. The second-order valence-corrected chi connectivity index (χ2v) is 3.14. The largest absolute Gasteiger partial charge is 0.315 e. The van der Waals surface area contributed by atoms with E-state index >= 15 is 0 Å². The van der Waals surface area contributed by atoms with Crippen LogP contribution in [0.3, 0.4) is 0 Å². The second-order valence-electron chi connectivity index (χ2n) is 3.14. The average Bonchev–Trinajstić information content (AvgIpc) is 2.47. The third kappa shape index (κ3) is 1.84. The molecule has 0 aliphatic carbocycles. The van der Waals surface area contributed by atoms with Gasteiger partial charge in [0.15, 0.2) is 0 Å². The van der Waals surface area contributed by atoms with E-state index in [2.05, 4.69) is 28.6 Å². The highest BCUT2D eigenvalue weighted by atomic mass is 15.3. The van der Waals surface area contributed by atoms with Crippen LogP contribution in [0.4, 0.5) is 0 Å². The summed E-state index contributed by atoms with van der Waals surface area (Å²) in [6, 6.07) is 0.588. The van der Waals surface area contributed by atoms with Gasteiger partial charge in [-0.1, -0.05) is 20.3 Å². The van der Waals surface area contributed by atoms with Crippen molar-refractivity contribution in [3.8, 4) is 0 Å². The van der Waals surface area contributed by atoms with E-state index in [1.54, 1.807) is 0 Å². The Balaban J connectivity index is 2.72. The molecular weight excluding hydrogens is 150 g/mol. The molecule has 3 nitrogen and oxygen atoms in total. The number of hydrogen-bond donors (Lipinski definition) is 0. The number of rotatable bonds is 4. The molecule has 0 bridgehead atoms. The van der Waals surface area contributed by atoms with Gasteiger partial charge in [-0.25, -0.2) is 0 Å². The summed E-state index contributed by atoms with van der Waals surface area (Å²) < 4.78 is 2.17. The van der Waals surface area contributed by atoms with Crippen molar-refractivity contribution < 1.29 is 0 Å². The minimum absolute atomic E-state index is 0.588. The molecule has 1 aromatic heterocycles. The maximum atomic E-state index is 3.98. The molecule has 0 spiro atoms. The quantitative estimate of drug-likeness (QED) is 0.689. The van der Waals surface area contributed by atoms with Crippen LogP contribution in [0.25, 0.3) is 0 Å². The Kier molecular flexibility index (Phi) is 3.26. The lowest BCUT2D eigenvalue weighted by molar-refractivity contribution is 0.438. The second kappa shape index (κ2) is 4.24. The summed E-state index contributed by atoms with van der Waals surface area (Å²) >= 11 is 0. The van der Waals surface area contributed by atoms with Crippen molar-refractivity contribution in [1.82, 2.24) is 14.8 Å². The topological polar surface area (TPSA) is 30.7 Å². The maximum Gasteiger partial charge on any atom is 0.129 e. The van der Waals surface area contributed by atoms with Crippen molar-refractivity contribution in [3.63, 3.8) is 0 Å². The van der Waals surface area contributed by atoms with Crippen LogP contribution < -0.4 is 0 Å². The molecule has 0 saturated carbocycles. The molecular formula is C9H17N3. The van der Waals surface area contributed by atoms with Crippen molar-refractivity contribution >= 4 is 0 Å². The van der Waals surface area contributed by atoms with Crippen LogP contribution >= 0.6 is 0 Å². The predicted molar refractivity (Wildman–Crippen MR) is 49.0 cm³/mol. The minimum Gasteiger partial charge on any atom is -0.315 e. The normalized spacial score (nSPS) is 13.2. The summed E-state index contributed by atoms with van der Waals surface area (Å²) in [4.78, 5) is 0. The Morgan fingerprint density at radius 2 is 2.25 bits per heavy atom. The van der Waals surface area contributed by atoms with E-state index in [1.165, 1.54) is 12.8 Å². The molecule has 1 unspecified atom stereocenters. The SMILES string of the molecule is CCCC(CC)n1cnnc1C. The molecule has 0 N–H and O–H groups in total. The highest BCUT2D eigenvalue weighted by Crippen LogP contribution is 2.17. The van der Waals surface area contributed by atoms with E-state index in [1.807, 2.05) is 13.3 Å². The molecule has 1 atom stereocenters. The number of hydrogen-bond acceptors (Lipinski definition) is 2. The van der Waals surface area contributed by atoms with Crippen LogP contribution in [0.15, 0.2) is 6.33 Å². The lowest BCUT2D eigenvalue weighted by Crippen LogP contribution is -2.08. The maximum absolute atomic E-state index is 3.98. The Hall–Kier alpha value is -0.860. The smallest absolute Gasteiger partial charge is 0.129 e. The molecule has 0 saturated heterocycles. The summed E-state index contributed by atoms with van der Waals surface area (Å²) in [5, 5.41) is 7.87. The first kappa shape index (κ1) is 9.23. The molecule has 68 valence electrons. The third-order valence-corrected chi connectivity index (χ3v) is 2.24. The number of aryl methyl sites for hydroxylation is 1. The van der Waals surface area contributed by atoms with Gasteiger partial charge in [-0.3, -0.25) is 0 Å². The zero-order chi connectivity index (χ0) is 8.97. The molecule has 0 fully saturated rings. The zero-order valence-corrected chi connectivity index (χ0v) is 8.12. The molecule has 1 rings (SSSR count). The minimum atomic E-state index is 0.588. The predicted octanol–water partition coefficient (Wildman–Crippen LogP) is 2.34. The van der Waals surface area contributed by atoms with E-state index < -0.39 is 0 Å². The van der Waals surface area contributed by atoms with Crippen LogP contribution in [0.2, 0.25) is 0 Å². The van der Waals surface area contributed by atoms with Gasteiger partial charge < -0.3 is 4.57 Å². The standard InChI is InChI=1S/C9H17N3/c1-4-6-9(5-2)12-7-10-11-8(12)3/h7,9H,4-6H2,1-3H3. The molecule has 0 radical (unpaired) electrons. The van der Waals surface area contributed by atoms with E-state index in [0.717, 1.165) is 12.2 Å². The van der Waals surface area contributed by atoms with Gasteiger partial charge in [0.2, 0.25) is 0 Å². The van der Waals surface area contributed by atoms with E-state index in [-0.39, 0.29) is 0 Å². The summed E-state index contributed by atoms with van der Waals surface area (Å²) in [5.74, 6) is 1.02. The fourth-order valence-corrected chi connectivity index (χ4v) is 1.53. The van der Waals surface area contributed by atoms with Gasteiger partial charge in [0, 0.05) is 6.04 Å². The monoisotopic (exact) mass is 167 g/mol. The fourth-order valence-electron chi connectivity index (χ4n) is 1.53. The molecule has 1 aromatic rings. The van der Waals surface area contributed by atoms with E-state index in [4.69, 9.17) is 0 Å². The first-order valence-corrected chi connectivity index (χ1v) is 4.65. The fraction of sp³-hybridized carbons (Fsp3) is 0.778. The van der Waals surface area contributed by atoms with Crippen molar-refractivity contribution in [1.29, 1.82) is 0 Å². The summed E-state index contributed by atoms with van der Waals surface area (Å²) in [7, 11) is 0. The van der Waals surface area contributed by atoms with Crippen LogP contribution in [-0.2, 0) is 0 Å². The Bertz CT molecular complexity index is 229. The molecule has 0 aliphatic rings. The molecule has 0 aliphatic heterocycles. The van der Waals surface area contributed by atoms with Crippen LogP contribution in [-0.4, -0.2) is 14.8 Å². The Labute approximate surface area is 73.8 Å². The van der Waals surface area contributed by atoms with Crippen LogP contribution in [0.5, 0.6) is 0 Å². The summed E-state index contributed by atoms with van der Waals surface area (Å²) in [6.45, 7) is 6.42. The van der Waals surface area contributed by atoms with E-state index in [9.17, 15) is 0 Å². The Morgan fingerprint density at radius 1 is 1.50 bits per heavy atom. The van der Waals surface area contributed by atoms with Crippen LogP contribution in [0.1, 0.15) is 45.0 Å². The molecule has 0 amide bonds. The van der Waals surface area contributed by atoms with Gasteiger partial charge in [0.1, 0.15) is 12.2 Å². The number of nitrogens with zero attached hydrogens (tertiary/aromatic N) is 3. The van der Waals surface area contributed by atoms with Gasteiger partial charge in [-0.05, 0) is 19.8 Å². The van der Waals surface area contributed by atoms with Crippen molar-refractivity contribution in [3.05, 3.63) is 12.2 Å². The van der Waals surface area contributed by atoms with E-state index in [0.29, 0.717) is 6.04 Å². The highest BCUT2D eigenvalue weighted by molar-refractivity contribution is 4.84. The van der Waals surface area contributed by atoms with Crippen molar-refractivity contribution in [2.45, 2.75) is 46.1 Å². The van der Waals surface area contributed by atoms with Gasteiger partial charge in [-0.2, -0.15) is 0 Å². The van der Waals surface area contributed by atoms with Crippen molar-refractivity contribution in [2.24, 2.45) is 0 Å². The summed E-state index contributed by atoms with van der Waals surface area (Å²) in [6.07, 6.45) is 5.43. The lowest BCUT2D eigenvalue weighted by Gasteiger charge is -2.15. The zero-order valence-electron chi connectivity index (χ0n) is 8.12. The van der Waals surface area contributed by atoms with Crippen molar-refractivity contribution in [2.75, 3.05) is 0 Å². The Morgan fingerprint density at radius 3 is 2.67 bits per heavy atom. The van der Waals surface area contributed by atoms with Gasteiger partial charge in [0.25, 0.3) is 0 Å². The van der Waals surface area contributed by atoms with Gasteiger partial charge >= 0.3 is 0 Å². The molecule has 1 heterocycles. The highest BCUT2D eigenvalue weighted by Gasteiger charge is 2.09. The molecule has 12 heavy (non-hydrogen) atoms. The van der Waals surface area contributed by atoms with Gasteiger partial charge in [-0.15, -0.1) is 10.2 Å². The average molecular weight is 167 g/mol. The molecule has 3 heteroatoms. The first-order valence-electron chi connectivity index (χ1n) is 4.65. The van der Waals surface area contributed by atoms with Crippen LogP contribution in [0, 0.1) is 6.92 Å². The summed E-state index contributed by atoms with van der Waals surface area (Å²) in [5.41, 5.74) is 0. The lowest BCUT2D eigenvalue weighted by atomic mass is 10.1.